The standard InChI is InChI=1S/C52H72N10O14/c1-28(23-29(2)41(75-7)25-33-13-10-9-11-14-33)16-18-35-30(3)45(66)59-37(50(71)72)19-21-44(65)62(6)32(5)47(68)56-31(4)46(67)60-38(24-34-17-20-40(63)42(26-34)76-8)49(70)61-39(51(73)74)27-43(64)57-36(48(69)58-35)15-12-22-55-52(53)54/h9-11,13-14,16-18,20,23,26,29-31,35-39,41,63H,5,12,15,19,21-22,24-25,27H2,1-4,6-8H3,(H,56,68)(H,57,64)(H,58,69)(H,59,66)(H,60,67)(H,61,70)(H,71,72)(H,73,74)(H4,53,54,55)/b18-16+,28-23+/t29-,30-,31+,35-,36-,37+,38-,39+,41-/m0/s1. The monoisotopic (exact) mass is 1060 g/mol. The number of amides is 7. The lowest BCUT2D eigenvalue weighted by atomic mass is 9.94. The molecular weight excluding hydrogens is 989 g/mol. The van der Waals surface area contributed by atoms with Crippen LogP contribution in [0.3, 0.4) is 0 Å². The van der Waals surface area contributed by atoms with Gasteiger partial charge in [-0.3, -0.25) is 38.6 Å². The van der Waals surface area contributed by atoms with Crippen molar-refractivity contribution in [2.45, 2.75) is 115 Å². The molecule has 24 heteroatoms. The molecule has 76 heavy (non-hydrogen) atoms. The lowest BCUT2D eigenvalue weighted by Gasteiger charge is -2.27. The summed E-state index contributed by atoms with van der Waals surface area (Å²) in [5, 5.41) is 45.5. The highest BCUT2D eigenvalue weighted by atomic mass is 16.5. The van der Waals surface area contributed by atoms with E-state index in [9.17, 15) is 58.5 Å². The van der Waals surface area contributed by atoms with Crippen LogP contribution in [0.2, 0.25) is 0 Å². The largest absolute Gasteiger partial charge is 0.504 e. The van der Waals surface area contributed by atoms with Gasteiger partial charge in [-0.25, -0.2) is 9.59 Å². The van der Waals surface area contributed by atoms with Gasteiger partial charge in [-0.05, 0) is 62.8 Å². The molecule has 13 N–H and O–H groups in total. The van der Waals surface area contributed by atoms with Crippen LogP contribution in [0.5, 0.6) is 11.5 Å². The summed E-state index contributed by atoms with van der Waals surface area (Å²) in [6.45, 7) is 10.0. The van der Waals surface area contributed by atoms with Gasteiger partial charge in [0.1, 0.15) is 35.9 Å². The second-order valence-corrected chi connectivity index (χ2v) is 18.4. The van der Waals surface area contributed by atoms with Crippen LogP contribution in [0.15, 0.2) is 89.6 Å². The molecule has 7 amide bonds. The van der Waals surface area contributed by atoms with E-state index in [1.165, 1.54) is 52.3 Å². The van der Waals surface area contributed by atoms with Crippen LogP contribution in [-0.4, -0.2) is 150 Å². The van der Waals surface area contributed by atoms with Crippen LogP contribution >= 0.6 is 0 Å². The summed E-state index contributed by atoms with van der Waals surface area (Å²) >= 11 is 0. The van der Waals surface area contributed by atoms with Crippen LogP contribution in [0, 0.1) is 11.8 Å². The minimum atomic E-state index is -1.96. The number of allylic oxidation sites excluding steroid dienone is 2. The van der Waals surface area contributed by atoms with E-state index >= 15 is 0 Å². The summed E-state index contributed by atoms with van der Waals surface area (Å²) in [6.07, 6.45) is 3.15. The number of phenolic OH excluding ortho intramolecular Hbond substituents is 1. The average Bonchev–Trinajstić information content (AvgIpc) is 3.37. The number of carboxylic acids is 2. The highest BCUT2D eigenvalue weighted by Gasteiger charge is 2.34. The van der Waals surface area contributed by atoms with Crippen LogP contribution in [0.4, 0.5) is 0 Å². The number of methoxy groups -OCH3 is 2. The number of carboxylic acid groups (broad SMARTS) is 2. The van der Waals surface area contributed by atoms with Crippen molar-refractivity contribution < 1.29 is 67.9 Å². The number of hydrogen-bond acceptors (Lipinski definition) is 13. The fourth-order valence-corrected chi connectivity index (χ4v) is 7.85. The van der Waals surface area contributed by atoms with Gasteiger partial charge in [-0.1, -0.05) is 80.6 Å². The number of hydrogen-bond donors (Lipinski definition) is 11. The molecule has 1 aliphatic heterocycles. The van der Waals surface area contributed by atoms with Gasteiger partial charge in [0.25, 0.3) is 5.91 Å². The first-order valence-corrected chi connectivity index (χ1v) is 24.4. The number of rotatable bonds is 16. The van der Waals surface area contributed by atoms with E-state index in [2.05, 4.69) is 43.5 Å². The predicted molar refractivity (Wildman–Crippen MR) is 279 cm³/mol. The second-order valence-electron chi connectivity index (χ2n) is 18.4. The maximum Gasteiger partial charge on any atom is 0.326 e. The minimum absolute atomic E-state index is 0.00184. The van der Waals surface area contributed by atoms with Crippen molar-refractivity contribution in [3.05, 3.63) is 95.7 Å². The summed E-state index contributed by atoms with van der Waals surface area (Å²) in [6, 6.07) is 4.47. The van der Waals surface area contributed by atoms with Crippen molar-refractivity contribution >= 4 is 59.2 Å². The highest BCUT2D eigenvalue weighted by Crippen LogP contribution is 2.27. The van der Waals surface area contributed by atoms with Gasteiger partial charge in [0, 0.05) is 39.5 Å². The first-order valence-electron chi connectivity index (χ1n) is 24.4. The van der Waals surface area contributed by atoms with Crippen molar-refractivity contribution in [2.75, 3.05) is 27.8 Å². The van der Waals surface area contributed by atoms with Gasteiger partial charge in [0.05, 0.1) is 31.6 Å². The molecule has 3 rings (SSSR count). The molecule has 1 saturated heterocycles. The zero-order valence-corrected chi connectivity index (χ0v) is 43.8. The summed E-state index contributed by atoms with van der Waals surface area (Å²) in [5.74, 6) is -11.7. The SMILES string of the molecule is C=C1C(=O)N[C@H](C)C(=O)N[C@@H](Cc2ccc(O)c(OC)c2)C(=O)N[C@@H](C(=O)O)CC(=O)N[C@@H](CCCN=C(N)N)C(=O)N[C@@H](/C=C/C(C)=C/[C@H](C)[C@H](Cc2ccccc2)OC)[C@H](C)C(=O)N[C@@H](C(=O)O)CCC(=O)N1C. The van der Waals surface area contributed by atoms with Crippen LogP contribution in [0.1, 0.15) is 70.9 Å². The minimum Gasteiger partial charge on any atom is -0.504 e. The third-order valence-electron chi connectivity index (χ3n) is 12.5. The number of nitrogens with two attached hydrogens (primary N) is 2. The van der Waals surface area contributed by atoms with E-state index in [1.807, 2.05) is 43.3 Å². The number of guanidine groups is 1. The molecule has 0 spiro atoms. The molecular formula is C52H72N10O14. The zero-order chi connectivity index (χ0) is 56.8. The summed E-state index contributed by atoms with van der Waals surface area (Å²) < 4.78 is 11.0. The molecule has 1 aliphatic rings. The number of aliphatic imine (C=N–C) groups is 1. The average molecular weight is 1060 g/mol. The molecule has 0 radical (unpaired) electrons. The number of likely N-dealkylation sites (N-methyl/N-ethyl adjacent to an activating group) is 1. The Morgan fingerprint density at radius 1 is 0.855 bits per heavy atom. The molecule has 1 heterocycles. The van der Waals surface area contributed by atoms with Gasteiger partial charge >= 0.3 is 11.9 Å². The second kappa shape index (κ2) is 30.2. The highest BCUT2D eigenvalue weighted by molar-refractivity contribution is 6.00. The molecule has 24 nitrogen and oxygen atoms in total. The number of benzene rings is 2. The lowest BCUT2D eigenvalue weighted by Crippen LogP contribution is -2.57. The third-order valence-corrected chi connectivity index (χ3v) is 12.5. The van der Waals surface area contributed by atoms with E-state index in [1.54, 1.807) is 20.1 Å². The van der Waals surface area contributed by atoms with E-state index < -0.39 is 120 Å². The van der Waals surface area contributed by atoms with Crippen LogP contribution in [-0.2, 0) is 60.7 Å². The van der Waals surface area contributed by atoms with Crippen LogP contribution in [0.25, 0.3) is 0 Å². The molecule has 2 aromatic rings. The number of aliphatic carboxylic acids is 2. The Kier molecular flexibility index (Phi) is 24.6. The number of nitrogens with zero attached hydrogens (tertiary/aromatic N) is 2. The smallest absolute Gasteiger partial charge is 0.326 e. The Labute approximate surface area is 441 Å². The number of nitrogens with one attached hydrogen (secondary N) is 6. The van der Waals surface area contributed by atoms with E-state index in [-0.39, 0.29) is 55.3 Å². The first-order chi connectivity index (χ1) is 35.8. The number of ether oxygens (including phenoxy) is 2. The molecule has 0 aromatic heterocycles. The molecule has 0 aliphatic carbocycles. The summed E-state index contributed by atoms with van der Waals surface area (Å²) in [7, 11) is 4.07. The van der Waals surface area contributed by atoms with Gasteiger partial charge in [-0.2, -0.15) is 0 Å². The number of carbonyl (C=O) groups is 9. The number of phenols is 1. The topological polar surface area (TPSA) is 373 Å². The van der Waals surface area contributed by atoms with E-state index in [0.29, 0.717) is 17.6 Å². The van der Waals surface area contributed by atoms with Crippen molar-refractivity contribution in [3.63, 3.8) is 0 Å². The Bertz CT molecular complexity index is 2510. The maximum absolute atomic E-state index is 14.4. The molecule has 9 atom stereocenters. The number of aromatic hydroxyl groups is 1. The van der Waals surface area contributed by atoms with Gasteiger partial charge in [0.2, 0.25) is 35.4 Å². The van der Waals surface area contributed by atoms with E-state index in [0.717, 1.165) is 10.5 Å². The zero-order valence-electron chi connectivity index (χ0n) is 43.8. The molecule has 2 aromatic carbocycles. The Hall–Kier alpha value is -8.28. The molecule has 414 valence electrons. The van der Waals surface area contributed by atoms with Crippen LogP contribution < -0.4 is 48.1 Å². The normalized spacial score (nSPS) is 23.3. The van der Waals surface area contributed by atoms with E-state index in [4.69, 9.17) is 20.9 Å². The lowest BCUT2D eigenvalue weighted by molar-refractivity contribution is -0.144. The fourth-order valence-electron chi connectivity index (χ4n) is 7.85. The summed E-state index contributed by atoms with van der Waals surface area (Å²) in [5.41, 5.74) is 12.6. The van der Waals surface area contributed by atoms with Crippen molar-refractivity contribution in [3.8, 4) is 11.5 Å². The Balaban J connectivity index is 2.13. The molecule has 1 fully saturated rings. The van der Waals surface area contributed by atoms with Gasteiger partial charge < -0.3 is 73.1 Å². The predicted octanol–water partition coefficient (Wildman–Crippen LogP) is 0.283. The van der Waals surface area contributed by atoms with Crippen molar-refractivity contribution in [1.29, 1.82) is 0 Å². The Morgan fingerprint density at radius 3 is 2.12 bits per heavy atom. The first kappa shape index (κ1) is 62.0. The van der Waals surface area contributed by atoms with Crippen molar-refractivity contribution in [1.82, 2.24) is 36.8 Å². The number of carbonyl (C=O) groups excluding carboxylic acids is 7. The Morgan fingerprint density at radius 2 is 1.50 bits per heavy atom. The molecule has 0 unspecified atom stereocenters. The molecule has 0 saturated carbocycles. The van der Waals surface area contributed by atoms with Gasteiger partial charge in [-0.15, -0.1) is 0 Å². The fraction of sp³-hybridized carbons (Fsp3) is 0.462. The summed E-state index contributed by atoms with van der Waals surface area (Å²) in [4.78, 5) is 127. The van der Waals surface area contributed by atoms with Crippen molar-refractivity contribution in [2.24, 2.45) is 28.3 Å². The van der Waals surface area contributed by atoms with Gasteiger partial charge in [0.15, 0.2) is 17.5 Å². The third kappa shape index (κ3) is 19.9. The maximum atomic E-state index is 14.4. The quantitative estimate of drug-likeness (QED) is 0.0354. The molecule has 0 bridgehead atoms.